The van der Waals surface area contributed by atoms with Crippen molar-refractivity contribution >= 4 is 23.3 Å². The first kappa shape index (κ1) is 14.4. The van der Waals surface area contributed by atoms with Crippen LogP contribution < -0.4 is 21.3 Å². The minimum absolute atomic E-state index is 0.241. The van der Waals surface area contributed by atoms with E-state index in [-0.39, 0.29) is 5.95 Å². The van der Waals surface area contributed by atoms with Crippen molar-refractivity contribution in [1.82, 2.24) is 15.0 Å². The number of rotatable bonds is 3. The molecular weight excluding hydrogens is 278 g/mol. The minimum atomic E-state index is 0.241. The van der Waals surface area contributed by atoms with E-state index in [2.05, 4.69) is 31.7 Å². The molecule has 1 aliphatic heterocycles. The first-order chi connectivity index (χ1) is 10.7. The molecule has 0 radical (unpaired) electrons. The highest BCUT2D eigenvalue weighted by Gasteiger charge is 2.23. The average molecular weight is 299 g/mol. The minimum Gasteiger partial charge on any atom is -0.382 e. The molecule has 4 N–H and O–H groups in total. The zero-order valence-electron chi connectivity index (χ0n) is 12.7. The van der Waals surface area contributed by atoms with E-state index in [1.165, 1.54) is 0 Å². The first-order valence-corrected chi connectivity index (χ1v) is 7.52. The number of hydrogen-bond acceptors (Lipinski definition) is 7. The monoisotopic (exact) mass is 299 g/mol. The summed E-state index contributed by atoms with van der Waals surface area (Å²) in [5, 5.41) is 0. The number of hydrogen-bond donors (Lipinski definition) is 2. The Morgan fingerprint density at radius 3 is 2.41 bits per heavy atom. The predicted octanol–water partition coefficient (Wildman–Crippen LogP) is 0.925. The van der Waals surface area contributed by atoms with Crippen molar-refractivity contribution < 1.29 is 0 Å². The Labute approximate surface area is 130 Å². The van der Waals surface area contributed by atoms with E-state index in [0.717, 1.165) is 49.8 Å². The molecule has 0 aliphatic carbocycles. The van der Waals surface area contributed by atoms with Crippen molar-refractivity contribution in [2.75, 3.05) is 47.4 Å². The van der Waals surface area contributed by atoms with Gasteiger partial charge in [0.1, 0.15) is 11.5 Å². The number of anilines is 4. The average Bonchev–Trinajstić information content (AvgIpc) is 2.55. The van der Waals surface area contributed by atoms with Crippen molar-refractivity contribution in [3.8, 4) is 0 Å². The van der Waals surface area contributed by atoms with Gasteiger partial charge in [-0.3, -0.25) is 0 Å². The summed E-state index contributed by atoms with van der Waals surface area (Å²) in [5.74, 6) is 1.72. The molecule has 0 bridgehead atoms. The number of piperazine rings is 1. The summed E-state index contributed by atoms with van der Waals surface area (Å²) in [6, 6.07) is 5.98. The smallest absolute Gasteiger partial charge is 0.222 e. The molecule has 0 saturated carbocycles. The van der Waals surface area contributed by atoms with Crippen LogP contribution in [-0.2, 0) is 6.42 Å². The second-order valence-corrected chi connectivity index (χ2v) is 5.28. The van der Waals surface area contributed by atoms with Gasteiger partial charge in [0.2, 0.25) is 5.95 Å². The molecule has 22 heavy (non-hydrogen) atoms. The summed E-state index contributed by atoms with van der Waals surface area (Å²) in [7, 11) is 0. The fourth-order valence-electron chi connectivity index (χ4n) is 2.83. The Morgan fingerprint density at radius 2 is 1.77 bits per heavy atom. The Hall–Kier alpha value is -2.57. The van der Waals surface area contributed by atoms with Gasteiger partial charge in [-0.15, -0.1) is 0 Å². The van der Waals surface area contributed by atoms with Gasteiger partial charge in [0.05, 0.1) is 5.69 Å². The standard InChI is InChI=1S/C15H21N7/c1-2-11-13(14(16)20-15(17)19-11)22-9-7-21(8-10-22)12-5-3-4-6-18-12/h3-6H,2,7-10H2,1H3,(H4,16,17,19,20). The van der Waals surface area contributed by atoms with Crippen molar-refractivity contribution in [3.05, 3.63) is 30.1 Å². The number of nitrogens with two attached hydrogens (primary N) is 2. The zero-order chi connectivity index (χ0) is 15.5. The normalized spacial score (nSPS) is 15.1. The highest BCUT2D eigenvalue weighted by Crippen LogP contribution is 2.28. The predicted molar refractivity (Wildman–Crippen MR) is 88.9 cm³/mol. The Balaban J connectivity index is 1.77. The first-order valence-electron chi connectivity index (χ1n) is 7.52. The van der Waals surface area contributed by atoms with E-state index in [1.54, 1.807) is 0 Å². The molecule has 0 atom stereocenters. The maximum atomic E-state index is 6.08. The zero-order valence-corrected chi connectivity index (χ0v) is 12.7. The maximum absolute atomic E-state index is 6.08. The molecule has 7 heteroatoms. The third kappa shape index (κ3) is 2.74. The van der Waals surface area contributed by atoms with Crippen LogP contribution in [0.3, 0.4) is 0 Å². The number of aryl methyl sites for hydroxylation is 1. The SMILES string of the molecule is CCc1nc(N)nc(N)c1N1CCN(c2ccccn2)CC1. The van der Waals surface area contributed by atoms with E-state index in [9.17, 15) is 0 Å². The molecule has 116 valence electrons. The fraction of sp³-hybridized carbons (Fsp3) is 0.400. The van der Waals surface area contributed by atoms with Gasteiger partial charge in [-0.25, -0.2) is 9.97 Å². The molecule has 2 aromatic heterocycles. The van der Waals surface area contributed by atoms with Crippen LogP contribution in [0.2, 0.25) is 0 Å². The topological polar surface area (TPSA) is 97.2 Å². The van der Waals surface area contributed by atoms with Gasteiger partial charge >= 0.3 is 0 Å². The molecule has 0 spiro atoms. The van der Waals surface area contributed by atoms with Crippen LogP contribution in [0.4, 0.5) is 23.3 Å². The Kier molecular flexibility index (Phi) is 3.95. The Morgan fingerprint density at radius 1 is 1.05 bits per heavy atom. The number of nitrogen functional groups attached to an aromatic ring is 2. The highest BCUT2D eigenvalue weighted by molar-refractivity contribution is 5.68. The highest BCUT2D eigenvalue weighted by atomic mass is 15.3. The van der Waals surface area contributed by atoms with Gasteiger partial charge in [-0.1, -0.05) is 13.0 Å². The second kappa shape index (κ2) is 6.05. The molecule has 7 nitrogen and oxygen atoms in total. The molecule has 2 aromatic rings. The molecule has 0 amide bonds. The van der Waals surface area contributed by atoms with Crippen LogP contribution in [0.25, 0.3) is 0 Å². The van der Waals surface area contributed by atoms with Crippen LogP contribution in [0.1, 0.15) is 12.6 Å². The van der Waals surface area contributed by atoms with Crippen molar-refractivity contribution in [1.29, 1.82) is 0 Å². The van der Waals surface area contributed by atoms with Crippen LogP contribution in [-0.4, -0.2) is 41.1 Å². The lowest BCUT2D eigenvalue weighted by atomic mass is 10.2. The van der Waals surface area contributed by atoms with E-state index in [0.29, 0.717) is 5.82 Å². The molecule has 3 rings (SSSR count). The summed E-state index contributed by atoms with van der Waals surface area (Å²) in [6.45, 7) is 5.56. The van der Waals surface area contributed by atoms with E-state index in [1.807, 2.05) is 24.4 Å². The maximum Gasteiger partial charge on any atom is 0.222 e. The lowest BCUT2D eigenvalue weighted by molar-refractivity contribution is 0.644. The summed E-state index contributed by atoms with van der Waals surface area (Å²) in [5.41, 5.74) is 13.6. The number of pyridine rings is 1. The van der Waals surface area contributed by atoms with Crippen molar-refractivity contribution in [2.24, 2.45) is 0 Å². The van der Waals surface area contributed by atoms with Gasteiger partial charge in [-0.05, 0) is 18.6 Å². The summed E-state index contributed by atoms with van der Waals surface area (Å²) < 4.78 is 0. The van der Waals surface area contributed by atoms with Crippen LogP contribution in [0.5, 0.6) is 0 Å². The summed E-state index contributed by atoms with van der Waals surface area (Å²) in [6.07, 6.45) is 2.61. The third-order valence-electron chi connectivity index (χ3n) is 3.90. The third-order valence-corrected chi connectivity index (χ3v) is 3.90. The van der Waals surface area contributed by atoms with Crippen molar-refractivity contribution in [3.63, 3.8) is 0 Å². The van der Waals surface area contributed by atoms with Gasteiger partial charge in [0.15, 0.2) is 5.82 Å². The molecule has 1 aliphatic rings. The molecular formula is C15H21N7. The second-order valence-electron chi connectivity index (χ2n) is 5.28. The molecule has 0 aromatic carbocycles. The molecule has 1 saturated heterocycles. The molecule has 0 unspecified atom stereocenters. The van der Waals surface area contributed by atoms with Crippen LogP contribution in [0.15, 0.2) is 24.4 Å². The van der Waals surface area contributed by atoms with Gasteiger partial charge in [0, 0.05) is 32.4 Å². The largest absolute Gasteiger partial charge is 0.382 e. The fourth-order valence-corrected chi connectivity index (χ4v) is 2.83. The van der Waals surface area contributed by atoms with Gasteiger partial charge in [-0.2, -0.15) is 4.98 Å². The quantitative estimate of drug-likeness (QED) is 0.870. The van der Waals surface area contributed by atoms with Gasteiger partial charge in [0.25, 0.3) is 0 Å². The number of aromatic nitrogens is 3. The van der Waals surface area contributed by atoms with Gasteiger partial charge < -0.3 is 21.3 Å². The molecule has 3 heterocycles. The van der Waals surface area contributed by atoms with Crippen LogP contribution >= 0.6 is 0 Å². The van der Waals surface area contributed by atoms with E-state index >= 15 is 0 Å². The number of nitrogens with zero attached hydrogens (tertiary/aromatic N) is 5. The summed E-state index contributed by atoms with van der Waals surface area (Å²) in [4.78, 5) is 17.4. The lowest BCUT2D eigenvalue weighted by Crippen LogP contribution is -2.47. The molecule has 1 fully saturated rings. The van der Waals surface area contributed by atoms with Crippen LogP contribution in [0, 0.1) is 0 Å². The lowest BCUT2D eigenvalue weighted by Gasteiger charge is -2.37. The van der Waals surface area contributed by atoms with Crippen molar-refractivity contribution in [2.45, 2.75) is 13.3 Å². The van der Waals surface area contributed by atoms with E-state index in [4.69, 9.17) is 11.5 Å². The summed E-state index contributed by atoms with van der Waals surface area (Å²) >= 11 is 0. The van der Waals surface area contributed by atoms with E-state index < -0.39 is 0 Å². The Bertz CT molecular complexity index is 636.